The lowest BCUT2D eigenvalue weighted by atomic mass is 9.82. The maximum Gasteiger partial charge on any atom is 0.164 e. The number of halogens is 1. The molecule has 2 fully saturated rings. The molecule has 10 heteroatoms. The zero-order valence-electron chi connectivity index (χ0n) is 21.1. The number of rotatable bonds is 10. The maximum atomic E-state index is 14.7. The number of nitrogens with zero attached hydrogens (tertiary/aromatic N) is 4. The summed E-state index contributed by atoms with van der Waals surface area (Å²) in [6.07, 6.45) is 8.30. The Morgan fingerprint density at radius 2 is 1.94 bits per heavy atom. The van der Waals surface area contributed by atoms with E-state index in [1.807, 2.05) is 0 Å². The van der Waals surface area contributed by atoms with E-state index in [-0.39, 0.29) is 11.9 Å². The molecule has 2 aliphatic rings. The number of nitriles is 1. The highest BCUT2D eigenvalue weighted by molar-refractivity contribution is 5.61. The molecule has 0 bridgehead atoms. The summed E-state index contributed by atoms with van der Waals surface area (Å²) < 4.78 is 25.3. The second kappa shape index (κ2) is 12.4. The van der Waals surface area contributed by atoms with E-state index in [1.54, 1.807) is 25.4 Å². The Balaban J connectivity index is 1.37. The van der Waals surface area contributed by atoms with Crippen molar-refractivity contribution in [3.05, 3.63) is 30.3 Å². The molecule has 1 atom stereocenters. The van der Waals surface area contributed by atoms with Crippen LogP contribution in [0.25, 0.3) is 11.4 Å². The van der Waals surface area contributed by atoms with Gasteiger partial charge < -0.3 is 25.4 Å². The summed E-state index contributed by atoms with van der Waals surface area (Å²) in [4.78, 5) is 13.1. The summed E-state index contributed by atoms with van der Waals surface area (Å²) >= 11 is 0. The monoisotopic (exact) mass is 497 g/mol. The maximum absolute atomic E-state index is 14.7. The normalized spacial score (nSPS) is 22.4. The molecule has 194 valence electrons. The van der Waals surface area contributed by atoms with Crippen molar-refractivity contribution in [1.82, 2.24) is 20.3 Å². The number of hydrogen-bond acceptors (Lipinski definition) is 9. The van der Waals surface area contributed by atoms with Crippen LogP contribution in [0.2, 0.25) is 0 Å². The Labute approximate surface area is 212 Å². The number of ether oxygens (including phenoxy) is 2. The van der Waals surface area contributed by atoms with Crippen LogP contribution in [0.3, 0.4) is 0 Å². The standard InChI is InChI=1S/C26H36FN7O2/c1-18(15-35-2)32-19-3-5-20(6-4-19)33-24-13-21(22(27)14-30-24)25-29-10-7-23(34-25)31-17-26(16-28)8-11-36-12-9-26/h7,10,13-14,18-20,32H,3-6,8-9,11-12,15,17H2,1-2H3,(H,30,33)(H,29,31,34)/t18-,19?,20?/m1/s1. The highest BCUT2D eigenvalue weighted by Gasteiger charge is 2.32. The van der Waals surface area contributed by atoms with Crippen molar-refractivity contribution in [2.45, 2.75) is 63.6 Å². The van der Waals surface area contributed by atoms with Gasteiger partial charge in [0.05, 0.1) is 29.9 Å². The molecule has 1 aliphatic heterocycles. The predicted molar refractivity (Wildman–Crippen MR) is 136 cm³/mol. The molecule has 1 saturated heterocycles. The van der Waals surface area contributed by atoms with E-state index in [2.05, 4.69) is 43.9 Å². The molecule has 3 N–H and O–H groups in total. The van der Waals surface area contributed by atoms with Gasteiger partial charge in [0.25, 0.3) is 0 Å². The van der Waals surface area contributed by atoms with Crippen molar-refractivity contribution in [3.63, 3.8) is 0 Å². The van der Waals surface area contributed by atoms with Crippen molar-refractivity contribution in [3.8, 4) is 17.5 Å². The van der Waals surface area contributed by atoms with Gasteiger partial charge in [0, 0.05) is 51.2 Å². The molecule has 36 heavy (non-hydrogen) atoms. The highest BCUT2D eigenvalue weighted by Crippen LogP contribution is 2.30. The first-order valence-corrected chi connectivity index (χ1v) is 12.7. The first-order chi connectivity index (χ1) is 17.5. The first-order valence-electron chi connectivity index (χ1n) is 12.7. The molecule has 9 nitrogen and oxygen atoms in total. The van der Waals surface area contributed by atoms with Crippen LogP contribution in [-0.4, -0.2) is 66.6 Å². The zero-order chi connectivity index (χ0) is 25.4. The van der Waals surface area contributed by atoms with Crippen LogP contribution in [0.5, 0.6) is 0 Å². The van der Waals surface area contributed by atoms with E-state index >= 15 is 0 Å². The molecule has 0 amide bonds. The topological polar surface area (TPSA) is 117 Å². The second-order valence-corrected chi connectivity index (χ2v) is 9.89. The van der Waals surface area contributed by atoms with Crippen molar-refractivity contribution in [1.29, 1.82) is 5.26 Å². The lowest BCUT2D eigenvalue weighted by Crippen LogP contribution is -2.42. The molecule has 0 unspecified atom stereocenters. The van der Waals surface area contributed by atoms with Crippen LogP contribution in [0, 0.1) is 22.6 Å². The van der Waals surface area contributed by atoms with Gasteiger partial charge in [-0.15, -0.1) is 0 Å². The second-order valence-electron chi connectivity index (χ2n) is 9.89. The molecule has 2 aromatic rings. The number of anilines is 2. The van der Waals surface area contributed by atoms with Crippen molar-refractivity contribution in [2.75, 3.05) is 44.1 Å². The quantitative estimate of drug-likeness (QED) is 0.451. The molecule has 2 aromatic heterocycles. The van der Waals surface area contributed by atoms with Crippen molar-refractivity contribution in [2.24, 2.45) is 5.41 Å². The largest absolute Gasteiger partial charge is 0.383 e. The van der Waals surface area contributed by atoms with Gasteiger partial charge in [-0.2, -0.15) is 5.26 Å². The van der Waals surface area contributed by atoms with Gasteiger partial charge in [0.2, 0.25) is 0 Å². The summed E-state index contributed by atoms with van der Waals surface area (Å²) in [6, 6.07) is 6.93. The van der Waals surface area contributed by atoms with Gasteiger partial charge in [-0.05, 0) is 57.6 Å². The third-order valence-corrected chi connectivity index (χ3v) is 7.06. The molecule has 3 heterocycles. The minimum Gasteiger partial charge on any atom is -0.383 e. The van der Waals surface area contributed by atoms with Crippen LogP contribution in [-0.2, 0) is 9.47 Å². The first kappa shape index (κ1) is 26.2. The van der Waals surface area contributed by atoms with E-state index in [0.29, 0.717) is 68.5 Å². The predicted octanol–water partition coefficient (Wildman–Crippen LogP) is 3.76. The SMILES string of the molecule is COC[C@@H](C)NC1CCC(Nc2cc(-c3nccc(NCC4(C#N)CCOCC4)n3)c(F)cn2)CC1. The van der Waals surface area contributed by atoms with Gasteiger partial charge in [0.1, 0.15) is 11.6 Å². The van der Waals surface area contributed by atoms with Gasteiger partial charge in [-0.1, -0.05) is 0 Å². The van der Waals surface area contributed by atoms with Gasteiger partial charge in [0.15, 0.2) is 11.6 Å². The lowest BCUT2D eigenvalue weighted by molar-refractivity contribution is 0.0455. The fourth-order valence-electron chi connectivity index (χ4n) is 4.94. The van der Waals surface area contributed by atoms with E-state index < -0.39 is 11.2 Å². The molecule has 0 spiro atoms. The number of hydrogen-bond donors (Lipinski definition) is 3. The summed E-state index contributed by atoms with van der Waals surface area (Å²) in [5, 5.41) is 20.0. The highest BCUT2D eigenvalue weighted by atomic mass is 19.1. The molecular weight excluding hydrogens is 461 g/mol. The summed E-state index contributed by atoms with van der Waals surface area (Å²) in [7, 11) is 1.72. The molecule has 1 saturated carbocycles. The molecule has 4 rings (SSSR count). The fourth-order valence-corrected chi connectivity index (χ4v) is 4.94. The van der Waals surface area contributed by atoms with E-state index in [9.17, 15) is 9.65 Å². The Bertz CT molecular complexity index is 1030. The van der Waals surface area contributed by atoms with Crippen molar-refractivity contribution >= 4 is 11.6 Å². The molecule has 0 aromatic carbocycles. The minimum absolute atomic E-state index is 0.279. The molecule has 1 aliphatic carbocycles. The molecular formula is C26H36FN7O2. The average molecular weight is 498 g/mol. The van der Waals surface area contributed by atoms with E-state index in [0.717, 1.165) is 25.7 Å². The number of nitrogens with one attached hydrogen (secondary N) is 3. The van der Waals surface area contributed by atoms with Crippen molar-refractivity contribution < 1.29 is 13.9 Å². The summed E-state index contributed by atoms with van der Waals surface area (Å²) in [6.45, 7) is 4.45. The number of aromatic nitrogens is 3. The Morgan fingerprint density at radius 3 is 2.67 bits per heavy atom. The summed E-state index contributed by atoms with van der Waals surface area (Å²) in [5.41, 5.74) is -0.195. The minimum atomic E-state index is -0.487. The van der Waals surface area contributed by atoms with Gasteiger partial charge in [-0.3, -0.25) is 0 Å². The summed E-state index contributed by atoms with van der Waals surface area (Å²) in [5.74, 6) is 0.972. The van der Waals surface area contributed by atoms with Gasteiger partial charge in [-0.25, -0.2) is 19.3 Å². The number of methoxy groups -OCH3 is 1. The third-order valence-electron chi connectivity index (χ3n) is 7.06. The average Bonchev–Trinajstić information content (AvgIpc) is 2.90. The third kappa shape index (κ3) is 6.87. The van der Waals surface area contributed by atoms with Crippen LogP contribution in [0.4, 0.5) is 16.0 Å². The Hall–Kier alpha value is -2.87. The zero-order valence-corrected chi connectivity index (χ0v) is 21.1. The van der Waals surface area contributed by atoms with E-state index in [4.69, 9.17) is 9.47 Å². The van der Waals surface area contributed by atoms with Crippen LogP contribution in [0.1, 0.15) is 45.4 Å². The van der Waals surface area contributed by atoms with Crippen LogP contribution >= 0.6 is 0 Å². The Morgan fingerprint density at radius 1 is 1.19 bits per heavy atom. The van der Waals surface area contributed by atoms with Crippen LogP contribution < -0.4 is 16.0 Å². The smallest absolute Gasteiger partial charge is 0.164 e. The fraction of sp³-hybridized carbons (Fsp3) is 0.615. The van der Waals surface area contributed by atoms with Crippen LogP contribution in [0.15, 0.2) is 24.5 Å². The lowest BCUT2D eigenvalue weighted by Gasteiger charge is -2.31. The Kier molecular flexibility index (Phi) is 9.02. The number of pyridine rings is 1. The molecule has 0 radical (unpaired) electrons. The van der Waals surface area contributed by atoms with Gasteiger partial charge >= 0.3 is 0 Å². The van der Waals surface area contributed by atoms with E-state index in [1.165, 1.54) is 6.20 Å².